The second-order valence-corrected chi connectivity index (χ2v) is 6.77. The van der Waals surface area contributed by atoms with Crippen LogP contribution in [0.5, 0.6) is 5.75 Å². The summed E-state index contributed by atoms with van der Waals surface area (Å²) < 4.78 is 44.3. The molecule has 0 bridgehead atoms. The van der Waals surface area contributed by atoms with Crippen LogP contribution in [0.4, 0.5) is 18.9 Å². The van der Waals surface area contributed by atoms with E-state index < -0.39 is 11.7 Å². The van der Waals surface area contributed by atoms with Gasteiger partial charge in [-0.25, -0.2) is 0 Å². The van der Waals surface area contributed by atoms with Crippen molar-refractivity contribution in [3.8, 4) is 5.75 Å². The van der Waals surface area contributed by atoms with E-state index in [1.165, 1.54) is 12.1 Å². The van der Waals surface area contributed by atoms with Crippen molar-refractivity contribution in [2.45, 2.75) is 12.6 Å². The molecule has 3 rings (SSSR count). The Labute approximate surface area is 162 Å². The van der Waals surface area contributed by atoms with Crippen molar-refractivity contribution in [2.75, 3.05) is 44.2 Å². The molecule has 0 spiro atoms. The van der Waals surface area contributed by atoms with Crippen molar-refractivity contribution in [2.24, 2.45) is 0 Å². The first-order valence-electron chi connectivity index (χ1n) is 9.28. The van der Waals surface area contributed by atoms with Crippen molar-refractivity contribution < 1.29 is 22.7 Å². The van der Waals surface area contributed by atoms with Gasteiger partial charge in [0.05, 0.1) is 12.2 Å². The Balaban J connectivity index is 1.40. The molecule has 150 valence electrons. The van der Waals surface area contributed by atoms with E-state index in [4.69, 9.17) is 4.74 Å². The van der Waals surface area contributed by atoms with Crippen molar-refractivity contribution in [1.29, 1.82) is 0 Å². The second kappa shape index (κ2) is 9.10. The number of rotatable bonds is 7. The quantitative estimate of drug-likeness (QED) is 0.525. The van der Waals surface area contributed by atoms with Crippen LogP contribution in [-0.4, -0.2) is 50.5 Å². The monoisotopic (exact) mass is 392 g/mol. The first kappa shape index (κ1) is 20.2. The van der Waals surface area contributed by atoms with E-state index in [1.54, 1.807) is 30.3 Å². The van der Waals surface area contributed by atoms with E-state index >= 15 is 0 Å². The highest BCUT2D eigenvalue weighted by atomic mass is 19.4. The molecule has 2 aromatic carbocycles. The highest BCUT2D eigenvalue weighted by molar-refractivity contribution is 5.74. The lowest BCUT2D eigenvalue weighted by atomic mass is 10.1. The number of halogens is 3. The molecule has 0 saturated carbocycles. The number of hydrogen-bond acceptors (Lipinski definition) is 4. The number of alkyl halides is 3. The molecule has 4 nitrogen and oxygen atoms in total. The Bertz CT molecular complexity index is 770. The third-order valence-corrected chi connectivity index (χ3v) is 4.81. The summed E-state index contributed by atoms with van der Waals surface area (Å²) in [6, 6.07) is 12.5. The largest absolute Gasteiger partial charge is 0.494 e. The average molecular weight is 392 g/mol. The maximum absolute atomic E-state index is 12.9. The van der Waals surface area contributed by atoms with Crippen LogP contribution in [0.1, 0.15) is 22.3 Å². The van der Waals surface area contributed by atoms with Crippen molar-refractivity contribution in [3.63, 3.8) is 0 Å². The van der Waals surface area contributed by atoms with E-state index in [0.29, 0.717) is 30.9 Å². The van der Waals surface area contributed by atoms with Gasteiger partial charge in [-0.3, -0.25) is 9.69 Å². The van der Waals surface area contributed by atoms with E-state index in [-0.39, 0.29) is 0 Å². The van der Waals surface area contributed by atoms with E-state index in [1.807, 2.05) is 4.90 Å². The van der Waals surface area contributed by atoms with Crippen LogP contribution in [-0.2, 0) is 6.18 Å². The van der Waals surface area contributed by atoms with Crippen LogP contribution < -0.4 is 9.64 Å². The van der Waals surface area contributed by atoms with Gasteiger partial charge in [-0.05, 0) is 48.9 Å². The van der Waals surface area contributed by atoms with Gasteiger partial charge in [0.15, 0.2) is 0 Å². The molecule has 0 N–H and O–H groups in total. The maximum Gasteiger partial charge on any atom is 0.416 e. The molecule has 1 fully saturated rings. The van der Waals surface area contributed by atoms with Crippen LogP contribution in [0.3, 0.4) is 0 Å². The first-order valence-corrected chi connectivity index (χ1v) is 9.28. The van der Waals surface area contributed by atoms with E-state index in [2.05, 4.69) is 4.90 Å². The van der Waals surface area contributed by atoms with Crippen LogP contribution >= 0.6 is 0 Å². The van der Waals surface area contributed by atoms with Gasteiger partial charge in [0.2, 0.25) is 0 Å². The molecular formula is C21H23F3N2O2. The molecule has 0 aromatic heterocycles. The van der Waals surface area contributed by atoms with E-state index in [0.717, 1.165) is 44.2 Å². The zero-order valence-corrected chi connectivity index (χ0v) is 15.5. The Hall–Kier alpha value is -2.54. The number of ether oxygens (including phenoxy) is 1. The fraction of sp³-hybridized carbons (Fsp3) is 0.381. The SMILES string of the molecule is O=Cc1ccc(OCCCN2CCN(c3cccc(C(F)(F)F)c3)CC2)cc1. The number of aldehydes is 1. The minimum absolute atomic E-state index is 0.578. The normalized spacial score (nSPS) is 15.5. The second-order valence-electron chi connectivity index (χ2n) is 6.77. The lowest BCUT2D eigenvalue weighted by Crippen LogP contribution is -2.46. The van der Waals surface area contributed by atoms with Crippen molar-refractivity contribution >= 4 is 12.0 Å². The van der Waals surface area contributed by atoms with Crippen molar-refractivity contribution in [1.82, 2.24) is 4.90 Å². The molecule has 1 heterocycles. The fourth-order valence-corrected chi connectivity index (χ4v) is 3.23. The van der Waals surface area contributed by atoms with Gasteiger partial charge in [-0.2, -0.15) is 13.2 Å². The standard InChI is InChI=1S/C21H23F3N2O2/c22-21(23,24)18-3-1-4-19(15-18)26-12-10-25(11-13-26)9-2-14-28-20-7-5-17(16-27)6-8-20/h1,3-8,15-16H,2,9-14H2. The predicted octanol–water partition coefficient (Wildman–Crippen LogP) is 4.11. The minimum Gasteiger partial charge on any atom is -0.494 e. The topological polar surface area (TPSA) is 32.8 Å². The lowest BCUT2D eigenvalue weighted by molar-refractivity contribution is -0.137. The number of benzene rings is 2. The summed E-state index contributed by atoms with van der Waals surface area (Å²) in [4.78, 5) is 14.9. The number of hydrogen-bond donors (Lipinski definition) is 0. The average Bonchev–Trinajstić information content (AvgIpc) is 2.71. The molecule has 1 aliphatic rings. The van der Waals surface area contributed by atoms with Crippen LogP contribution in [0.25, 0.3) is 0 Å². The van der Waals surface area contributed by atoms with Crippen molar-refractivity contribution in [3.05, 3.63) is 59.7 Å². The molecular weight excluding hydrogens is 369 g/mol. The Morgan fingerprint density at radius 2 is 1.71 bits per heavy atom. The summed E-state index contributed by atoms with van der Waals surface area (Å²) in [5.41, 5.74) is 0.633. The number of piperazine rings is 1. The molecule has 7 heteroatoms. The summed E-state index contributed by atoms with van der Waals surface area (Å²) in [6.07, 6.45) is -2.66. The van der Waals surface area contributed by atoms with E-state index in [9.17, 15) is 18.0 Å². The maximum atomic E-state index is 12.9. The van der Waals surface area contributed by atoms with Gasteiger partial charge < -0.3 is 9.64 Å². The minimum atomic E-state index is -4.31. The number of carbonyl (C=O) groups is 1. The summed E-state index contributed by atoms with van der Waals surface area (Å²) in [7, 11) is 0. The molecule has 1 aliphatic heterocycles. The molecule has 0 unspecified atom stereocenters. The molecule has 2 aromatic rings. The smallest absolute Gasteiger partial charge is 0.416 e. The molecule has 1 saturated heterocycles. The predicted molar refractivity (Wildman–Crippen MR) is 102 cm³/mol. The number of anilines is 1. The Morgan fingerprint density at radius 1 is 1.00 bits per heavy atom. The van der Waals surface area contributed by atoms with Gasteiger partial charge in [0, 0.05) is 44.0 Å². The third kappa shape index (κ3) is 5.48. The van der Waals surface area contributed by atoms with Gasteiger partial charge in [0.1, 0.15) is 12.0 Å². The van der Waals surface area contributed by atoms with Gasteiger partial charge in [0.25, 0.3) is 0 Å². The number of nitrogens with zero attached hydrogens (tertiary/aromatic N) is 2. The van der Waals surface area contributed by atoms with Crippen LogP contribution in [0.2, 0.25) is 0 Å². The molecule has 0 radical (unpaired) electrons. The van der Waals surface area contributed by atoms with Gasteiger partial charge in [-0.1, -0.05) is 6.07 Å². The summed E-state index contributed by atoms with van der Waals surface area (Å²) in [6.45, 7) is 4.48. The van der Waals surface area contributed by atoms with Crippen LogP contribution in [0, 0.1) is 0 Å². The lowest BCUT2D eigenvalue weighted by Gasteiger charge is -2.36. The Morgan fingerprint density at radius 3 is 2.36 bits per heavy atom. The highest BCUT2D eigenvalue weighted by Gasteiger charge is 2.31. The molecule has 0 amide bonds. The van der Waals surface area contributed by atoms with Gasteiger partial charge in [-0.15, -0.1) is 0 Å². The van der Waals surface area contributed by atoms with Gasteiger partial charge >= 0.3 is 6.18 Å². The fourth-order valence-electron chi connectivity index (χ4n) is 3.23. The number of carbonyl (C=O) groups excluding carboxylic acids is 1. The molecule has 0 aliphatic carbocycles. The zero-order valence-electron chi connectivity index (χ0n) is 15.5. The summed E-state index contributed by atoms with van der Waals surface area (Å²) >= 11 is 0. The molecule has 28 heavy (non-hydrogen) atoms. The summed E-state index contributed by atoms with van der Waals surface area (Å²) in [5.74, 6) is 0.736. The highest BCUT2D eigenvalue weighted by Crippen LogP contribution is 2.31. The van der Waals surface area contributed by atoms with Crippen LogP contribution in [0.15, 0.2) is 48.5 Å². The third-order valence-electron chi connectivity index (χ3n) is 4.81. The molecule has 0 atom stereocenters. The Kier molecular flexibility index (Phi) is 6.57. The zero-order chi connectivity index (χ0) is 20.0. The summed E-state index contributed by atoms with van der Waals surface area (Å²) in [5, 5.41) is 0. The first-order chi connectivity index (χ1) is 13.5.